The lowest BCUT2D eigenvalue weighted by atomic mass is 10.1. The van der Waals surface area contributed by atoms with Gasteiger partial charge in [-0.1, -0.05) is 30.3 Å². The first-order valence-corrected chi connectivity index (χ1v) is 8.19. The summed E-state index contributed by atoms with van der Waals surface area (Å²) in [5.41, 5.74) is 1.61. The number of benzene rings is 2. The highest BCUT2D eigenvalue weighted by atomic mass is 19.4. The molecule has 0 saturated carbocycles. The smallest absolute Gasteiger partial charge is 0.416 e. The van der Waals surface area contributed by atoms with Crippen molar-refractivity contribution in [3.63, 3.8) is 0 Å². The summed E-state index contributed by atoms with van der Waals surface area (Å²) in [6.07, 6.45) is -3.32. The Labute approximate surface area is 158 Å². The number of nitrogens with one attached hydrogen (secondary N) is 1. The first kappa shape index (κ1) is 19.2. The molecule has 1 heterocycles. The number of ether oxygens (including phenoxy) is 1. The lowest BCUT2D eigenvalue weighted by Gasteiger charge is -2.06. The number of carbonyl (C=O) groups excluding carboxylic acids is 1. The highest BCUT2D eigenvalue weighted by Gasteiger charge is 2.30. The zero-order chi connectivity index (χ0) is 20.0. The summed E-state index contributed by atoms with van der Waals surface area (Å²) in [6, 6.07) is 16.7. The maximum Gasteiger partial charge on any atom is 0.416 e. The maximum atomic E-state index is 12.7. The van der Waals surface area contributed by atoms with E-state index < -0.39 is 17.6 Å². The largest absolute Gasteiger partial charge is 0.486 e. The normalized spacial score (nSPS) is 11.5. The molecule has 3 rings (SSSR count). The maximum absolute atomic E-state index is 12.7. The van der Waals surface area contributed by atoms with Gasteiger partial charge < -0.3 is 9.15 Å². The number of furan rings is 1. The van der Waals surface area contributed by atoms with Crippen LogP contribution in [-0.2, 0) is 12.8 Å². The van der Waals surface area contributed by atoms with E-state index in [1.807, 2.05) is 18.2 Å². The molecule has 1 aromatic heterocycles. The van der Waals surface area contributed by atoms with Crippen LogP contribution in [0.5, 0.6) is 5.75 Å². The number of nitrogens with zero attached hydrogens (tertiary/aromatic N) is 1. The van der Waals surface area contributed by atoms with Gasteiger partial charge in [-0.15, -0.1) is 0 Å². The van der Waals surface area contributed by atoms with Crippen molar-refractivity contribution in [2.45, 2.75) is 12.8 Å². The van der Waals surface area contributed by atoms with Crippen LogP contribution in [-0.4, -0.2) is 12.1 Å². The Kier molecular flexibility index (Phi) is 5.78. The van der Waals surface area contributed by atoms with Crippen LogP contribution in [0.4, 0.5) is 13.2 Å². The molecule has 0 unspecified atom stereocenters. The fourth-order valence-corrected chi connectivity index (χ4v) is 2.26. The monoisotopic (exact) mass is 388 g/mol. The van der Waals surface area contributed by atoms with Crippen molar-refractivity contribution >= 4 is 12.1 Å². The summed E-state index contributed by atoms with van der Waals surface area (Å²) < 4.78 is 48.9. The standard InChI is InChI=1S/C20H15F3N2O3/c21-20(22,23)15-6-4-5-14(11-15)12-24-25-19(26)18-10-9-17(28-18)13-27-16-7-2-1-3-8-16/h1-12H,13H2,(H,25,26)/b24-12-. The van der Waals surface area contributed by atoms with Gasteiger partial charge in [0.25, 0.3) is 0 Å². The van der Waals surface area contributed by atoms with Crippen LogP contribution in [0.3, 0.4) is 0 Å². The topological polar surface area (TPSA) is 63.8 Å². The molecule has 0 bridgehead atoms. The van der Waals surface area contributed by atoms with Gasteiger partial charge in [0.1, 0.15) is 18.1 Å². The van der Waals surface area contributed by atoms with Crippen molar-refractivity contribution in [1.82, 2.24) is 5.43 Å². The van der Waals surface area contributed by atoms with Crippen LogP contribution in [0.1, 0.15) is 27.4 Å². The molecule has 0 aliphatic heterocycles. The van der Waals surface area contributed by atoms with Gasteiger partial charge in [0, 0.05) is 0 Å². The second-order valence-corrected chi connectivity index (χ2v) is 5.69. The number of halogens is 3. The summed E-state index contributed by atoms with van der Waals surface area (Å²) in [5.74, 6) is 0.480. The summed E-state index contributed by atoms with van der Waals surface area (Å²) in [5, 5.41) is 3.66. The van der Waals surface area contributed by atoms with Crippen molar-refractivity contribution < 1.29 is 27.1 Å². The third kappa shape index (κ3) is 5.23. The van der Waals surface area contributed by atoms with E-state index in [4.69, 9.17) is 9.15 Å². The van der Waals surface area contributed by atoms with E-state index in [2.05, 4.69) is 10.5 Å². The molecule has 0 atom stereocenters. The molecule has 0 spiro atoms. The van der Waals surface area contributed by atoms with Crippen molar-refractivity contribution in [3.8, 4) is 5.75 Å². The number of hydrazone groups is 1. The second kappa shape index (κ2) is 8.43. The molecule has 3 aromatic rings. The highest BCUT2D eigenvalue weighted by Crippen LogP contribution is 2.29. The van der Waals surface area contributed by atoms with Crippen molar-refractivity contribution in [3.05, 3.63) is 89.4 Å². The molecule has 28 heavy (non-hydrogen) atoms. The van der Waals surface area contributed by atoms with Gasteiger partial charge in [0.2, 0.25) is 0 Å². The first-order valence-electron chi connectivity index (χ1n) is 8.19. The van der Waals surface area contributed by atoms with Crippen molar-refractivity contribution in [2.75, 3.05) is 0 Å². The summed E-state index contributed by atoms with van der Waals surface area (Å²) in [4.78, 5) is 12.0. The van der Waals surface area contributed by atoms with Crippen LogP contribution in [0.2, 0.25) is 0 Å². The van der Waals surface area contributed by atoms with E-state index in [0.29, 0.717) is 11.5 Å². The van der Waals surface area contributed by atoms with Crippen LogP contribution in [0.15, 0.2) is 76.2 Å². The average molecular weight is 388 g/mol. The molecular weight excluding hydrogens is 373 g/mol. The van der Waals surface area contributed by atoms with Gasteiger partial charge in [0.15, 0.2) is 5.76 Å². The number of alkyl halides is 3. The Morgan fingerprint density at radius 1 is 1.07 bits per heavy atom. The lowest BCUT2D eigenvalue weighted by Crippen LogP contribution is -2.16. The van der Waals surface area contributed by atoms with Gasteiger partial charge in [-0.05, 0) is 42.0 Å². The van der Waals surface area contributed by atoms with E-state index in [1.54, 1.807) is 18.2 Å². The van der Waals surface area contributed by atoms with Gasteiger partial charge in [0.05, 0.1) is 11.8 Å². The quantitative estimate of drug-likeness (QED) is 0.494. The third-order valence-corrected chi connectivity index (χ3v) is 3.60. The third-order valence-electron chi connectivity index (χ3n) is 3.60. The zero-order valence-electron chi connectivity index (χ0n) is 14.4. The van der Waals surface area contributed by atoms with Crippen molar-refractivity contribution in [2.24, 2.45) is 5.10 Å². The van der Waals surface area contributed by atoms with Crippen LogP contribution >= 0.6 is 0 Å². The average Bonchev–Trinajstić information content (AvgIpc) is 3.16. The van der Waals surface area contributed by atoms with E-state index in [0.717, 1.165) is 18.3 Å². The van der Waals surface area contributed by atoms with Gasteiger partial charge in [-0.25, -0.2) is 5.43 Å². The van der Waals surface area contributed by atoms with E-state index in [9.17, 15) is 18.0 Å². The summed E-state index contributed by atoms with van der Waals surface area (Å²) in [7, 11) is 0. The molecule has 0 radical (unpaired) electrons. The molecule has 0 aliphatic carbocycles. The zero-order valence-corrected chi connectivity index (χ0v) is 14.4. The molecule has 1 N–H and O–H groups in total. The molecule has 1 amide bonds. The fraction of sp³-hybridized carbons (Fsp3) is 0.100. The van der Waals surface area contributed by atoms with E-state index >= 15 is 0 Å². The summed E-state index contributed by atoms with van der Waals surface area (Å²) >= 11 is 0. The Hall–Kier alpha value is -3.55. The molecule has 5 nitrogen and oxygen atoms in total. The fourth-order valence-electron chi connectivity index (χ4n) is 2.26. The van der Waals surface area contributed by atoms with Crippen LogP contribution in [0.25, 0.3) is 0 Å². The first-order chi connectivity index (χ1) is 13.4. The number of para-hydroxylation sites is 1. The number of carbonyl (C=O) groups is 1. The predicted molar refractivity (Wildman–Crippen MR) is 96.0 cm³/mol. The van der Waals surface area contributed by atoms with Gasteiger partial charge in [-0.3, -0.25) is 4.79 Å². The van der Waals surface area contributed by atoms with E-state index in [1.165, 1.54) is 18.2 Å². The number of amides is 1. The minimum Gasteiger partial charge on any atom is -0.486 e. The van der Waals surface area contributed by atoms with Gasteiger partial charge in [-0.2, -0.15) is 18.3 Å². The molecule has 0 saturated heterocycles. The molecule has 2 aromatic carbocycles. The molecule has 0 aliphatic rings. The Morgan fingerprint density at radius 3 is 2.61 bits per heavy atom. The number of rotatable bonds is 6. The molecular formula is C20H15F3N2O3. The Balaban J connectivity index is 1.55. The lowest BCUT2D eigenvalue weighted by molar-refractivity contribution is -0.137. The molecule has 144 valence electrons. The second-order valence-electron chi connectivity index (χ2n) is 5.69. The Morgan fingerprint density at radius 2 is 1.86 bits per heavy atom. The van der Waals surface area contributed by atoms with Crippen LogP contribution < -0.4 is 10.2 Å². The summed E-state index contributed by atoms with van der Waals surface area (Å²) in [6.45, 7) is 0.144. The molecule has 0 fully saturated rings. The minimum absolute atomic E-state index is 0.00727. The minimum atomic E-state index is -4.44. The van der Waals surface area contributed by atoms with Crippen molar-refractivity contribution in [1.29, 1.82) is 0 Å². The van der Waals surface area contributed by atoms with Gasteiger partial charge >= 0.3 is 12.1 Å². The number of hydrogen-bond donors (Lipinski definition) is 1. The number of hydrogen-bond acceptors (Lipinski definition) is 4. The molecule has 8 heteroatoms. The predicted octanol–water partition coefficient (Wildman–Crippen LogP) is 4.64. The van der Waals surface area contributed by atoms with Crippen LogP contribution in [0, 0.1) is 0 Å². The SMILES string of the molecule is O=C(N/N=C\c1cccc(C(F)(F)F)c1)c1ccc(COc2ccccc2)o1. The Bertz CT molecular complexity index is 966. The van der Waals surface area contributed by atoms with E-state index in [-0.39, 0.29) is 17.9 Å². The highest BCUT2D eigenvalue weighted by molar-refractivity contribution is 5.92.